The van der Waals surface area contributed by atoms with Gasteiger partial charge in [0.2, 0.25) is 5.91 Å². The lowest BCUT2D eigenvalue weighted by Crippen LogP contribution is -2.08. The number of rotatable bonds is 3. The van der Waals surface area contributed by atoms with Gasteiger partial charge in [0, 0.05) is 11.8 Å². The topological polar surface area (TPSA) is 38.3 Å². The molecule has 3 nitrogen and oxygen atoms in total. The molecule has 0 aliphatic heterocycles. The van der Waals surface area contributed by atoms with Gasteiger partial charge in [-0.05, 0) is 31.6 Å². The number of methoxy groups -OCH3 is 1. The Labute approximate surface area is 89.8 Å². The largest absolute Gasteiger partial charge is 0.497 e. The number of carbonyl (C=O) groups excluding carboxylic acids is 1. The fourth-order valence-corrected chi connectivity index (χ4v) is 1.19. The summed E-state index contributed by atoms with van der Waals surface area (Å²) in [6.07, 6.45) is 3.18. The molecule has 0 aromatic heterocycles. The summed E-state index contributed by atoms with van der Waals surface area (Å²) < 4.78 is 5.08. The van der Waals surface area contributed by atoms with Crippen molar-refractivity contribution in [3.63, 3.8) is 0 Å². The maximum Gasteiger partial charge on any atom is 0.248 e. The van der Waals surface area contributed by atoms with Crippen LogP contribution < -0.4 is 10.1 Å². The molecule has 0 fully saturated rings. The lowest BCUT2D eigenvalue weighted by Gasteiger charge is -2.08. The smallest absolute Gasteiger partial charge is 0.248 e. The summed E-state index contributed by atoms with van der Waals surface area (Å²) in [6, 6.07) is 5.57. The minimum absolute atomic E-state index is 0.131. The first kappa shape index (κ1) is 11.3. The average molecular weight is 205 g/mol. The molecule has 0 saturated heterocycles. The van der Waals surface area contributed by atoms with Gasteiger partial charge in [-0.1, -0.05) is 12.1 Å². The number of ether oxygens (including phenoxy) is 1. The lowest BCUT2D eigenvalue weighted by atomic mass is 10.2. The molecule has 0 aliphatic rings. The van der Waals surface area contributed by atoms with Gasteiger partial charge in [0.05, 0.1) is 7.11 Å². The van der Waals surface area contributed by atoms with Crippen LogP contribution in [0.25, 0.3) is 0 Å². The first-order valence-electron chi connectivity index (χ1n) is 4.75. The van der Waals surface area contributed by atoms with E-state index in [1.165, 1.54) is 6.08 Å². The van der Waals surface area contributed by atoms with Crippen molar-refractivity contribution >= 4 is 11.6 Å². The molecule has 1 rings (SSSR count). The summed E-state index contributed by atoms with van der Waals surface area (Å²) in [4.78, 5) is 11.3. The summed E-state index contributed by atoms with van der Waals surface area (Å²) in [6.45, 7) is 3.74. The average Bonchev–Trinajstić information content (AvgIpc) is 2.21. The molecule has 0 spiro atoms. The Bertz CT molecular complexity index is 383. The quantitative estimate of drug-likeness (QED) is 0.770. The predicted molar refractivity (Wildman–Crippen MR) is 61.2 cm³/mol. The van der Waals surface area contributed by atoms with Crippen LogP contribution in [0.3, 0.4) is 0 Å². The van der Waals surface area contributed by atoms with Crippen LogP contribution in [0.5, 0.6) is 5.75 Å². The molecule has 0 saturated carbocycles. The molecule has 1 aromatic rings. The molecular formula is C12H15NO2. The molecule has 15 heavy (non-hydrogen) atoms. The minimum Gasteiger partial charge on any atom is -0.497 e. The van der Waals surface area contributed by atoms with E-state index in [0.29, 0.717) is 0 Å². The van der Waals surface area contributed by atoms with Crippen LogP contribution in [0.15, 0.2) is 30.4 Å². The van der Waals surface area contributed by atoms with Crippen molar-refractivity contribution in [3.05, 3.63) is 35.9 Å². The van der Waals surface area contributed by atoms with Gasteiger partial charge in [-0.15, -0.1) is 0 Å². The van der Waals surface area contributed by atoms with Crippen LogP contribution in [0, 0.1) is 6.92 Å². The lowest BCUT2D eigenvalue weighted by molar-refractivity contribution is -0.111. The van der Waals surface area contributed by atoms with Crippen LogP contribution in [-0.2, 0) is 4.79 Å². The van der Waals surface area contributed by atoms with Crippen LogP contribution in [0.1, 0.15) is 12.5 Å². The van der Waals surface area contributed by atoms with Crippen molar-refractivity contribution in [2.45, 2.75) is 13.8 Å². The molecule has 3 heteroatoms. The number of aryl methyl sites for hydroxylation is 1. The van der Waals surface area contributed by atoms with E-state index < -0.39 is 0 Å². The van der Waals surface area contributed by atoms with E-state index in [-0.39, 0.29) is 5.91 Å². The number of hydrogen-bond donors (Lipinski definition) is 1. The Morgan fingerprint density at radius 2 is 2.20 bits per heavy atom. The van der Waals surface area contributed by atoms with Crippen LogP contribution in [0.4, 0.5) is 5.69 Å². The van der Waals surface area contributed by atoms with E-state index >= 15 is 0 Å². The third kappa shape index (κ3) is 3.13. The van der Waals surface area contributed by atoms with Gasteiger partial charge < -0.3 is 10.1 Å². The van der Waals surface area contributed by atoms with Gasteiger partial charge in [0.1, 0.15) is 5.75 Å². The van der Waals surface area contributed by atoms with Gasteiger partial charge >= 0.3 is 0 Å². The Morgan fingerprint density at radius 1 is 1.47 bits per heavy atom. The molecule has 1 amide bonds. The van der Waals surface area contributed by atoms with E-state index in [1.54, 1.807) is 26.2 Å². The zero-order chi connectivity index (χ0) is 11.3. The van der Waals surface area contributed by atoms with Crippen LogP contribution >= 0.6 is 0 Å². The Hall–Kier alpha value is -1.77. The number of carbonyl (C=O) groups is 1. The summed E-state index contributed by atoms with van der Waals surface area (Å²) >= 11 is 0. The fourth-order valence-electron chi connectivity index (χ4n) is 1.19. The van der Waals surface area contributed by atoms with Gasteiger partial charge in [0.15, 0.2) is 0 Å². The van der Waals surface area contributed by atoms with E-state index in [4.69, 9.17) is 4.74 Å². The minimum atomic E-state index is -0.131. The van der Waals surface area contributed by atoms with Gasteiger partial charge in [-0.25, -0.2) is 0 Å². The molecule has 1 aromatic carbocycles. The number of hydrogen-bond acceptors (Lipinski definition) is 2. The van der Waals surface area contributed by atoms with Crippen molar-refractivity contribution in [3.8, 4) is 5.75 Å². The summed E-state index contributed by atoms with van der Waals surface area (Å²) in [5.41, 5.74) is 1.78. The van der Waals surface area contributed by atoms with Crippen molar-refractivity contribution in [2.24, 2.45) is 0 Å². The number of nitrogens with one attached hydrogen (secondary N) is 1. The second-order valence-electron chi connectivity index (χ2n) is 3.17. The summed E-state index contributed by atoms with van der Waals surface area (Å²) in [5.74, 6) is 0.602. The van der Waals surface area contributed by atoms with E-state index in [2.05, 4.69) is 5.32 Å². The van der Waals surface area contributed by atoms with Crippen LogP contribution in [0.2, 0.25) is 0 Å². The normalized spacial score (nSPS) is 10.3. The van der Waals surface area contributed by atoms with E-state index in [9.17, 15) is 4.79 Å². The molecule has 0 radical (unpaired) electrons. The zero-order valence-electron chi connectivity index (χ0n) is 9.20. The molecular weight excluding hydrogens is 190 g/mol. The summed E-state index contributed by atoms with van der Waals surface area (Å²) in [5, 5.41) is 2.78. The number of benzene rings is 1. The van der Waals surface area contributed by atoms with Crippen molar-refractivity contribution < 1.29 is 9.53 Å². The molecule has 0 bridgehead atoms. The Morgan fingerprint density at radius 3 is 2.80 bits per heavy atom. The predicted octanol–water partition coefficient (Wildman–Crippen LogP) is 2.52. The first-order valence-corrected chi connectivity index (χ1v) is 4.75. The third-order valence-electron chi connectivity index (χ3n) is 2.02. The molecule has 0 heterocycles. The molecule has 1 N–H and O–H groups in total. The fraction of sp³-hybridized carbons (Fsp3) is 0.250. The zero-order valence-corrected chi connectivity index (χ0v) is 9.20. The highest BCUT2D eigenvalue weighted by Gasteiger charge is 2.02. The molecule has 0 aliphatic carbocycles. The van der Waals surface area contributed by atoms with Gasteiger partial charge in [0.25, 0.3) is 0 Å². The highest BCUT2D eigenvalue weighted by atomic mass is 16.5. The Balaban J connectivity index is 2.88. The molecule has 80 valence electrons. The van der Waals surface area contributed by atoms with E-state index in [0.717, 1.165) is 17.0 Å². The van der Waals surface area contributed by atoms with Gasteiger partial charge in [-0.3, -0.25) is 4.79 Å². The number of allylic oxidation sites excluding steroid dienone is 1. The molecule has 0 unspecified atom stereocenters. The highest BCUT2D eigenvalue weighted by Crippen LogP contribution is 2.21. The van der Waals surface area contributed by atoms with Crippen molar-refractivity contribution in [1.29, 1.82) is 0 Å². The molecule has 0 atom stereocenters. The summed E-state index contributed by atoms with van der Waals surface area (Å²) in [7, 11) is 1.60. The first-order chi connectivity index (χ1) is 7.17. The van der Waals surface area contributed by atoms with Crippen molar-refractivity contribution in [1.82, 2.24) is 0 Å². The second-order valence-corrected chi connectivity index (χ2v) is 3.17. The van der Waals surface area contributed by atoms with E-state index in [1.807, 2.05) is 19.1 Å². The third-order valence-corrected chi connectivity index (χ3v) is 2.02. The Kier molecular flexibility index (Phi) is 3.92. The SMILES string of the molecule is C/C=C/C(=O)Nc1cc(OC)ccc1C. The second kappa shape index (κ2) is 5.20. The van der Waals surface area contributed by atoms with Crippen LogP contribution in [-0.4, -0.2) is 13.0 Å². The van der Waals surface area contributed by atoms with Gasteiger partial charge in [-0.2, -0.15) is 0 Å². The number of amides is 1. The maximum atomic E-state index is 11.3. The maximum absolute atomic E-state index is 11.3. The highest BCUT2D eigenvalue weighted by molar-refractivity contribution is 5.99. The van der Waals surface area contributed by atoms with Crippen molar-refractivity contribution in [2.75, 3.05) is 12.4 Å². The number of anilines is 1. The standard InChI is InChI=1S/C12H15NO2/c1-4-5-12(14)13-11-8-10(15-3)7-6-9(11)2/h4-8H,1-3H3,(H,13,14)/b5-4+. The monoisotopic (exact) mass is 205 g/mol.